The molecule has 3 N–H and O–H groups in total. The Morgan fingerprint density at radius 2 is 2.10 bits per heavy atom. The van der Waals surface area contributed by atoms with Crippen molar-refractivity contribution in [2.45, 2.75) is 32.6 Å². The summed E-state index contributed by atoms with van der Waals surface area (Å²) in [5.74, 6) is 0.300. The van der Waals surface area contributed by atoms with Gasteiger partial charge in [0.1, 0.15) is 31.8 Å². The first-order chi connectivity index (χ1) is 10.0. The van der Waals surface area contributed by atoms with Crippen LogP contribution in [0.2, 0.25) is 5.02 Å². The third-order valence-corrected chi connectivity index (χ3v) is 4.33. The standard InChI is InChI=1S/C16H19ClN2O2/c1-10-7-19(8-11(2)21-10)9-12-6-14(17)13-4-3-5-18-15(13)16(12)20/h3-6,10-11,20H,7-9H2,1-2H3/p+2. The zero-order chi connectivity index (χ0) is 15.0. The first kappa shape index (κ1) is 14.6. The Kier molecular flexibility index (Phi) is 4.02. The van der Waals surface area contributed by atoms with Gasteiger partial charge in [-0.1, -0.05) is 11.6 Å². The third kappa shape index (κ3) is 2.98. The lowest BCUT2D eigenvalue weighted by Gasteiger charge is -2.32. The van der Waals surface area contributed by atoms with Gasteiger partial charge < -0.3 is 14.7 Å². The summed E-state index contributed by atoms with van der Waals surface area (Å²) in [6.07, 6.45) is 2.29. The second-order valence-electron chi connectivity index (χ2n) is 5.92. The molecule has 2 atom stereocenters. The lowest BCUT2D eigenvalue weighted by Crippen LogP contribution is -3.14. The molecule has 0 spiro atoms. The number of H-pyrrole nitrogens is 1. The van der Waals surface area contributed by atoms with Gasteiger partial charge in [0.25, 0.3) is 5.52 Å². The molecule has 2 aromatic rings. The Labute approximate surface area is 129 Å². The van der Waals surface area contributed by atoms with Gasteiger partial charge in [-0.2, -0.15) is 0 Å². The van der Waals surface area contributed by atoms with E-state index in [1.54, 1.807) is 6.20 Å². The molecule has 1 saturated heterocycles. The molecule has 0 saturated carbocycles. The minimum Gasteiger partial charge on any atom is -0.502 e. The molecule has 2 unspecified atom stereocenters. The number of fused-ring (bicyclic) bond motifs is 1. The van der Waals surface area contributed by atoms with E-state index in [0.29, 0.717) is 16.3 Å². The van der Waals surface area contributed by atoms with Crippen LogP contribution in [0.4, 0.5) is 0 Å². The fraction of sp³-hybridized carbons (Fsp3) is 0.438. The smallest absolute Gasteiger partial charge is 0.255 e. The van der Waals surface area contributed by atoms with Crippen LogP contribution < -0.4 is 9.88 Å². The van der Waals surface area contributed by atoms with Crippen molar-refractivity contribution in [1.82, 2.24) is 0 Å². The van der Waals surface area contributed by atoms with Crippen LogP contribution in [0.25, 0.3) is 10.9 Å². The van der Waals surface area contributed by atoms with E-state index in [1.807, 2.05) is 18.2 Å². The summed E-state index contributed by atoms with van der Waals surface area (Å²) < 4.78 is 5.76. The van der Waals surface area contributed by atoms with Crippen molar-refractivity contribution in [3.05, 3.63) is 35.0 Å². The number of ether oxygens (including phenoxy) is 1. The van der Waals surface area contributed by atoms with Gasteiger partial charge in [-0.05, 0) is 26.0 Å². The molecule has 0 aliphatic carbocycles. The molecule has 4 nitrogen and oxygen atoms in total. The van der Waals surface area contributed by atoms with Crippen LogP contribution in [-0.4, -0.2) is 30.4 Å². The number of quaternary nitrogens is 1. The second-order valence-corrected chi connectivity index (χ2v) is 6.32. The van der Waals surface area contributed by atoms with E-state index in [1.165, 1.54) is 4.90 Å². The van der Waals surface area contributed by atoms with Gasteiger partial charge >= 0.3 is 0 Å². The summed E-state index contributed by atoms with van der Waals surface area (Å²) in [6, 6.07) is 5.66. The van der Waals surface area contributed by atoms with E-state index in [-0.39, 0.29) is 12.2 Å². The van der Waals surface area contributed by atoms with Crippen molar-refractivity contribution in [1.29, 1.82) is 0 Å². The van der Waals surface area contributed by atoms with Gasteiger partial charge in [-0.3, -0.25) is 0 Å². The molecule has 1 aromatic carbocycles. The first-order valence-corrected chi connectivity index (χ1v) is 7.72. The largest absolute Gasteiger partial charge is 0.502 e. The number of aromatic hydroxyl groups is 1. The van der Waals surface area contributed by atoms with Crippen molar-refractivity contribution < 1.29 is 19.7 Å². The number of phenolic OH excluding ortho intramolecular Hbond substituents is 1. The van der Waals surface area contributed by atoms with E-state index in [4.69, 9.17) is 16.3 Å². The Morgan fingerprint density at radius 3 is 2.81 bits per heavy atom. The highest BCUT2D eigenvalue weighted by molar-refractivity contribution is 6.35. The third-order valence-electron chi connectivity index (χ3n) is 4.01. The number of hydrogen-bond acceptors (Lipinski definition) is 2. The van der Waals surface area contributed by atoms with E-state index in [9.17, 15) is 5.11 Å². The van der Waals surface area contributed by atoms with Gasteiger partial charge in [0, 0.05) is 6.07 Å². The maximum absolute atomic E-state index is 10.5. The highest BCUT2D eigenvalue weighted by Gasteiger charge is 2.27. The predicted octanol–water partition coefficient (Wildman–Crippen LogP) is 1.20. The number of hydrogen-bond donors (Lipinski definition) is 2. The Balaban J connectivity index is 1.92. The molecule has 0 radical (unpaired) electrons. The SMILES string of the molecule is CC1C[NH+](Cc2cc(Cl)c3ccc[nH+]c3c2O)CC(C)O1. The molecule has 1 aromatic heterocycles. The van der Waals surface area contributed by atoms with Crippen molar-refractivity contribution >= 4 is 22.5 Å². The molecule has 1 fully saturated rings. The summed E-state index contributed by atoms with van der Waals surface area (Å²) in [5.41, 5.74) is 1.58. The van der Waals surface area contributed by atoms with Crippen LogP contribution in [0.5, 0.6) is 5.75 Å². The van der Waals surface area contributed by atoms with Crippen LogP contribution in [0.1, 0.15) is 19.4 Å². The number of halogens is 1. The Bertz CT molecular complexity index is 652. The zero-order valence-corrected chi connectivity index (χ0v) is 13.1. The number of morpholine rings is 1. The maximum atomic E-state index is 10.5. The normalized spacial score (nSPS) is 26.1. The monoisotopic (exact) mass is 308 g/mol. The van der Waals surface area contributed by atoms with E-state index < -0.39 is 0 Å². The first-order valence-electron chi connectivity index (χ1n) is 7.34. The van der Waals surface area contributed by atoms with Gasteiger partial charge in [0.05, 0.1) is 16.0 Å². The van der Waals surface area contributed by atoms with Crippen LogP contribution in [0, 0.1) is 0 Å². The molecule has 5 heteroatoms. The molecule has 2 heterocycles. The van der Waals surface area contributed by atoms with Crippen LogP contribution in [0.15, 0.2) is 24.4 Å². The minimum absolute atomic E-state index is 0.244. The zero-order valence-electron chi connectivity index (χ0n) is 12.3. The molecule has 0 bridgehead atoms. The van der Waals surface area contributed by atoms with Crippen molar-refractivity contribution in [3.63, 3.8) is 0 Å². The molecule has 112 valence electrons. The Hall–Kier alpha value is -1.36. The maximum Gasteiger partial charge on any atom is 0.255 e. The fourth-order valence-electron chi connectivity index (χ4n) is 3.23. The highest BCUT2D eigenvalue weighted by atomic mass is 35.5. The molecular weight excluding hydrogens is 288 g/mol. The topological polar surface area (TPSA) is 48.0 Å². The van der Waals surface area contributed by atoms with Gasteiger partial charge in [-0.15, -0.1) is 0 Å². The van der Waals surface area contributed by atoms with Crippen LogP contribution in [0.3, 0.4) is 0 Å². The summed E-state index contributed by atoms with van der Waals surface area (Å²) >= 11 is 6.34. The quantitative estimate of drug-likeness (QED) is 0.876. The number of pyridine rings is 1. The Morgan fingerprint density at radius 1 is 1.38 bits per heavy atom. The summed E-state index contributed by atoms with van der Waals surface area (Å²) in [5, 5.41) is 12.0. The van der Waals surface area contributed by atoms with E-state index in [2.05, 4.69) is 18.8 Å². The average molecular weight is 309 g/mol. The van der Waals surface area contributed by atoms with Gasteiger partial charge in [0.15, 0.2) is 11.9 Å². The molecule has 0 amide bonds. The predicted molar refractivity (Wildman–Crippen MR) is 81.6 cm³/mol. The van der Waals surface area contributed by atoms with Gasteiger partial charge in [0.2, 0.25) is 0 Å². The van der Waals surface area contributed by atoms with Crippen molar-refractivity contribution in [2.24, 2.45) is 0 Å². The number of aromatic nitrogens is 1. The number of aromatic amines is 1. The number of nitrogens with one attached hydrogen (secondary N) is 2. The van der Waals surface area contributed by atoms with Crippen LogP contribution in [-0.2, 0) is 11.3 Å². The van der Waals surface area contributed by atoms with E-state index in [0.717, 1.165) is 30.6 Å². The summed E-state index contributed by atoms with van der Waals surface area (Å²) in [6.45, 7) is 6.82. The molecule has 3 rings (SSSR count). The molecule has 1 aliphatic rings. The minimum atomic E-state index is 0.244. The number of benzene rings is 1. The number of phenols is 1. The van der Waals surface area contributed by atoms with Crippen molar-refractivity contribution in [2.75, 3.05) is 13.1 Å². The lowest BCUT2D eigenvalue weighted by atomic mass is 10.1. The molecule has 21 heavy (non-hydrogen) atoms. The average Bonchev–Trinajstić information content (AvgIpc) is 2.43. The fourth-order valence-corrected chi connectivity index (χ4v) is 3.52. The molecular formula is C16H21ClN2O2+2. The van der Waals surface area contributed by atoms with Crippen LogP contribution >= 0.6 is 11.6 Å². The molecule has 1 aliphatic heterocycles. The van der Waals surface area contributed by atoms with E-state index >= 15 is 0 Å². The van der Waals surface area contributed by atoms with Gasteiger partial charge in [-0.25, -0.2) is 4.98 Å². The van der Waals surface area contributed by atoms with Crippen molar-refractivity contribution in [3.8, 4) is 5.75 Å². The summed E-state index contributed by atoms with van der Waals surface area (Å²) in [7, 11) is 0. The lowest BCUT2D eigenvalue weighted by molar-refractivity contribution is -0.928. The highest BCUT2D eigenvalue weighted by Crippen LogP contribution is 2.31. The summed E-state index contributed by atoms with van der Waals surface area (Å²) in [4.78, 5) is 4.49. The number of rotatable bonds is 2. The second kappa shape index (κ2) is 5.79.